The Morgan fingerprint density at radius 3 is 1.10 bits per heavy atom. The number of aromatic nitrogens is 7. The molecule has 10 heteroatoms. The van der Waals surface area contributed by atoms with Crippen LogP contribution in [0.3, 0.4) is 0 Å². The normalized spacial score (nSPS) is 12.2. The van der Waals surface area contributed by atoms with Crippen LogP contribution in [-0.4, -0.2) is 46.3 Å². The maximum Gasteiger partial charge on any atom is 0.268 e. The van der Waals surface area contributed by atoms with Gasteiger partial charge in [0.15, 0.2) is 34.9 Å². The highest BCUT2D eigenvalue weighted by molar-refractivity contribution is 6.36. The van der Waals surface area contributed by atoms with Crippen LogP contribution in [0.4, 0.5) is 5.69 Å². The third-order valence-electron chi connectivity index (χ3n) is 13.0. The van der Waals surface area contributed by atoms with E-state index in [0.29, 0.717) is 51.9 Å². The van der Waals surface area contributed by atoms with Crippen LogP contribution in [0.15, 0.2) is 231 Å². The highest BCUT2D eigenvalue weighted by Crippen LogP contribution is 2.41. The van der Waals surface area contributed by atoms with E-state index < -0.39 is 11.8 Å². The fraction of sp³-hybridized carbons (Fsp3) is 0. The van der Waals surface area contributed by atoms with Crippen molar-refractivity contribution in [3.8, 4) is 85.1 Å². The zero-order chi connectivity index (χ0) is 48.1. The number of anilines is 1. The van der Waals surface area contributed by atoms with Gasteiger partial charge < -0.3 is 4.57 Å². The van der Waals surface area contributed by atoms with Crippen molar-refractivity contribution in [1.82, 2.24) is 34.5 Å². The van der Waals surface area contributed by atoms with Gasteiger partial charge in [-0.2, -0.15) is 0 Å². The lowest BCUT2D eigenvalue weighted by atomic mass is 10.0. The number of carbonyl (C=O) groups is 2. The van der Waals surface area contributed by atoms with Gasteiger partial charge in [0.1, 0.15) is 0 Å². The number of fused-ring (bicyclic) bond motifs is 4. The van der Waals surface area contributed by atoms with Gasteiger partial charge >= 0.3 is 0 Å². The van der Waals surface area contributed by atoms with Crippen molar-refractivity contribution in [2.45, 2.75) is 0 Å². The van der Waals surface area contributed by atoms with Gasteiger partial charge in [0.05, 0.1) is 33.5 Å². The van der Waals surface area contributed by atoms with E-state index in [1.165, 1.54) is 4.90 Å². The van der Waals surface area contributed by atoms with E-state index in [4.69, 9.17) is 29.9 Å². The van der Waals surface area contributed by atoms with Crippen LogP contribution in [0, 0.1) is 0 Å². The predicted molar refractivity (Wildman–Crippen MR) is 283 cm³/mol. The van der Waals surface area contributed by atoms with E-state index in [1.54, 1.807) is 12.1 Å². The molecule has 338 valence electrons. The second-order valence-corrected chi connectivity index (χ2v) is 17.4. The Labute approximate surface area is 413 Å². The number of nitrogens with zero attached hydrogens (tertiary/aromatic N) is 8. The molecule has 0 radical (unpaired) electrons. The summed E-state index contributed by atoms with van der Waals surface area (Å²) in [5.74, 6) is 2.27. The van der Waals surface area contributed by atoms with Crippen molar-refractivity contribution >= 4 is 39.3 Å². The van der Waals surface area contributed by atoms with Gasteiger partial charge in [0, 0.05) is 44.2 Å². The summed E-state index contributed by atoms with van der Waals surface area (Å²) in [5.41, 5.74) is 9.90. The molecule has 1 aliphatic heterocycles. The zero-order valence-corrected chi connectivity index (χ0v) is 38.3. The zero-order valence-electron chi connectivity index (χ0n) is 38.3. The number of carbonyl (C=O) groups excluding carboxylic acids is 2. The summed E-state index contributed by atoms with van der Waals surface area (Å²) < 4.78 is 2.07. The van der Waals surface area contributed by atoms with Crippen LogP contribution in [0.25, 0.3) is 107 Å². The Bertz CT molecular complexity index is 3770. The van der Waals surface area contributed by atoms with E-state index in [-0.39, 0.29) is 5.56 Å². The standard InChI is InChI=1S/C62H38N8O2/c71-61-50-30-17-31-51(54(50)62(72)69(61)47-29-16-28-44(36-47)39-18-6-1-7-19-39)70-52-37-45(59-65-55(40-20-8-2-9-21-40)63-56(66-59)41-22-10-3-11-23-41)32-34-48(52)49-35-33-46(38-53(49)70)60-67-57(42-24-12-4-13-25-42)64-58(68-60)43-26-14-5-15-27-43/h1-38H. The largest absolute Gasteiger partial charge is 0.308 e. The van der Waals surface area contributed by atoms with E-state index in [9.17, 15) is 4.79 Å². The van der Waals surface area contributed by atoms with Crippen molar-refractivity contribution in [1.29, 1.82) is 0 Å². The second-order valence-electron chi connectivity index (χ2n) is 17.4. The quantitative estimate of drug-likeness (QED) is 0.131. The van der Waals surface area contributed by atoms with E-state index >= 15 is 4.79 Å². The first-order valence-corrected chi connectivity index (χ1v) is 23.5. The molecule has 12 aromatic rings. The van der Waals surface area contributed by atoms with Crippen molar-refractivity contribution < 1.29 is 9.59 Å². The summed E-state index contributed by atoms with van der Waals surface area (Å²) in [6, 6.07) is 74.7. The Balaban J connectivity index is 1.04. The number of amides is 2. The molecule has 0 unspecified atom stereocenters. The SMILES string of the molecule is O=C1c2cccc(-n3c4cc(-c5nc(-c6ccccc6)nc(-c6ccccc6)n5)ccc4c4ccc(-c5nc(-c6ccccc6)nc(-c6ccccc6)n5)cc43)c2C(=O)N1c1cccc(-c2ccccc2)c1. The Morgan fingerprint density at radius 2 is 0.667 bits per heavy atom. The first kappa shape index (κ1) is 42.1. The molecule has 4 heterocycles. The van der Waals surface area contributed by atoms with Crippen LogP contribution in [0.1, 0.15) is 20.7 Å². The first-order chi connectivity index (χ1) is 35.5. The highest BCUT2D eigenvalue weighted by Gasteiger charge is 2.39. The molecule has 72 heavy (non-hydrogen) atoms. The van der Waals surface area contributed by atoms with Gasteiger partial charge in [0.25, 0.3) is 11.8 Å². The highest BCUT2D eigenvalue weighted by atomic mass is 16.2. The average molecular weight is 927 g/mol. The van der Waals surface area contributed by atoms with Gasteiger partial charge in [-0.15, -0.1) is 0 Å². The molecule has 0 atom stereocenters. The van der Waals surface area contributed by atoms with Crippen molar-refractivity contribution in [3.05, 3.63) is 242 Å². The fourth-order valence-electron chi connectivity index (χ4n) is 9.58. The average Bonchev–Trinajstić information content (AvgIpc) is 3.92. The molecule has 9 aromatic carbocycles. The van der Waals surface area contributed by atoms with E-state index in [1.807, 2.05) is 194 Å². The van der Waals surface area contributed by atoms with E-state index in [2.05, 4.69) is 28.8 Å². The minimum Gasteiger partial charge on any atom is -0.308 e. The minimum absolute atomic E-state index is 0.290. The molecule has 13 rings (SSSR count). The second kappa shape index (κ2) is 17.5. The number of benzene rings is 9. The Morgan fingerprint density at radius 1 is 0.292 bits per heavy atom. The number of hydrogen-bond acceptors (Lipinski definition) is 8. The van der Waals surface area contributed by atoms with Gasteiger partial charge in [-0.1, -0.05) is 194 Å². The maximum atomic E-state index is 15.1. The van der Waals surface area contributed by atoms with Crippen LogP contribution in [0.2, 0.25) is 0 Å². The third-order valence-corrected chi connectivity index (χ3v) is 13.0. The summed E-state index contributed by atoms with van der Waals surface area (Å²) in [4.78, 5) is 61.2. The first-order valence-electron chi connectivity index (χ1n) is 23.5. The lowest BCUT2D eigenvalue weighted by Crippen LogP contribution is -2.29. The van der Waals surface area contributed by atoms with Crippen molar-refractivity contribution in [2.75, 3.05) is 4.90 Å². The molecule has 0 spiro atoms. The van der Waals surface area contributed by atoms with Crippen LogP contribution in [0.5, 0.6) is 0 Å². The maximum absolute atomic E-state index is 15.1. The molecule has 0 fully saturated rings. The number of hydrogen-bond donors (Lipinski definition) is 0. The molecule has 0 bridgehead atoms. The fourth-order valence-corrected chi connectivity index (χ4v) is 9.58. The molecular weight excluding hydrogens is 889 g/mol. The van der Waals surface area contributed by atoms with Gasteiger partial charge in [-0.25, -0.2) is 34.8 Å². The van der Waals surface area contributed by atoms with Gasteiger partial charge in [-0.05, 0) is 47.5 Å². The summed E-state index contributed by atoms with van der Waals surface area (Å²) in [7, 11) is 0. The lowest BCUT2D eigenvalue weighted by molar-refractivity contribution is 0.0926. The van der Waals surface area contributed by atoms with Gasteiger partial charge in [0.2, 0.25) is 0 Å². The van der Waals surface area contributed by atoms with Crippen LogP contribution in [-0.2, 0) is 0 Å². The summed E-state index contributed by atoms with van der Waals surface area (Å²) in [6.07, 6.45) is 0. The monoisotopic (exact) mass is 926 g/mol. The predicted octanol–water partition coefficient (Wildman–Crippen LogP) is 13.6. The molecule has 0 N–H and O–H groups in total. The molecule has 0 aliphatic carbocycles. The molecule has 0 saturated heterocycles. The minimum atomic E-state index is -0.423. The molecule has 3 aromatic heterocycles. The van der Waals surface area contributed by atoms with Crippen molar-refractivity contribution in [2.24, 2.45) is 0 Å². The van der Waals surface area contributed by atoms with Crippen molar-refractivity contribution in [3.63, 3.8) is 0 Å². The molecular formula is C62H38N8O2. The number of imide groups is 1. The smallest absolute Gasteiger partial charge is 0.268 e. The molecule has 1 aliphatic rings. The lowest BCUT2D eigenvalue weighted by Gasteiger charge is -2.16. The molecule has 0 saturated carbocycles. The third kappa shape index (κ3) is 7.38. The summed E-state index contributed by atoms with van der Waals surface area (Å²) in [5, 5.41) is 1.82. The number of rotatable bonds is 9. The Hall–Kier alpha value is -10.1. The Kier molecular flexibility index (Phi) is 10.2. The van der Waals surface area contributed by atoms with Crippen LogP contribution >= 0.6 is 0 Å². The molecule has 10 nitrogen and oxygen atoms in total. The summed E-state index contributed by atoms with van der Waals surface area (Å²) >= 11 is 0. The summed E-state index contributed by atoms with van der Waals surface area (Å²) in [6.45, 7) is 0. The topological polar surface area (TPSA) is 120 Å². The van der Waals surface area contributed by atoms with E-state index in [0.717, 1.165) is 66.3 Å². The van der Waals surface area contributed by atoms with Crippen LogP contribution < -0.4 is 4.90 Å². The molecule has 2 amide bonds. The van der Waals surface area contributed by atoms with Gasteiger partial charge in [-0.3, -0.25) is 9.59 Å².